The SMILES string of the molecule is O=C(O)Cc1ccc(N[C@H]2CC(=O)N(c3cccc(Cl)c3)C2=O)cc1. The first-order valence-corrected chi connectivity index (χ1v) is 8.01. The minimum atomic E-state index is -0.908. The van der Waals surface area contributed by atoms with Crippen molar-refractivity contribution in [3.63, 3.8) is 0 Å². The minimum Gasteiger partial charge on any atom is -0.481 e. The fraction of sp³-hybridized carbons (Fsp3) is 0.167. The number of anilines is 2. The van der Waals surface area contributed by atoms with Crippen LogP contribution in [0, 0.1) is 0 Å². The van der Waals surface area contributed by atoms with Gasteiger partial charge in [-0.05, 0) is 35.9 Å². The van der Waals surface area contributed by atoms with Gasteiger partial charge in [0.1, 0.15) is 6.04 Å². The number of halogens is 1. The molecule has 1 fully saturated rings. The van der Waals surface area contributed by atoms with E-state index < -0.39 is 12.0 Å². The molecule has 0 unspecified atom stereocenters. The summed E-state index contributed by atoms with van der Waals surface area (Å²) >= 11 is 5.93. The van der Waals surface area contributed by atoms with Crippen LogP contribution in [0.25, 0.3) is 0 Å². The van der Waals surface area contributed by atoms with Crippen LogP contribution in [0.5, 0.6) is 0 Å². The number of rotatable bonds is 5. The van der Waals surface area contributed by atoms with Crippen LogP contribution >= 0.6 is 11.6 Å². The Bertz CT molecular complexity index is 835. The number of imide groups is 1. The van der Waals surface area contributed by atoms with Gasteiger partial charge in [0.05, 0.1) is 18.5 Å². The second-order valence-corrected chi connectivity index (χ2v) is 6.15. The summed E-state index contributed by atoms with van der Waals surface area (Å²) in [5.74, 6) is -1.55. The molecule has 3 rings (SSSR count). The lowest BCUT2D eigenvalue weighted by Gasteiger charge is -2.16. The van der Waals surface area contributed by atoms with Gasteiger partial charge in [-0.25, -0.2) is 4.90 Å². The Morgan fingerprint density at radius 3 is 2.56 bits per heavy atom. The van der Waals surface area contributed by atoms with Crippen LogP contribution in [0.15, 0.2) is 48.5 Å². The fourth-order valence-electron chi connectivity index (χ4n) is 2.73. The van der Waals surface area contributed by atoms with Gasteiger partial charge in [-0.1, -0.05) is 29.8 Å². The highest BCUT2D eigenvalue weighted by molar-refractivity contribution is 6.31. The van der Waals surface area contributed by atoms with Crippen molar-refractivity contribution in [1.29, 1.82) is 0 Å². The van der Waals surface area contributed by atoms with Crippen molar-refractivity contribution in [3.8, 4) is 0 Å². The third-order valence-corrected chi connectivity index (χ3v) is 4.10. The summed E-state index contributed by atoms with van der Waals surface area (Å²) in [6, 6.07) is 12.6. The molecule has 6 nitrogen and oxygen atoms in total. The zero-order valence-electron chi connectivity index (χ0n) is 13.1. The molecule has 2 amide bonds. The summed E-state index contributed by atoms with van der Waals surface area (Å²) in [6.45, 7) is 0. The molecule has 1 aliphatic heterocycles. The maximum atomic E-state index is 12.6. The molecule has 0 aliphatic carbocycles. The van der Waals surface area contributed by atoms with Crippen molar-refractivity contribution in [2.45, 2.75) is 18.9 Å². The van der Waals surface area contributed by atoms with E-state index in [0.29, 0.717) is 22.0 Å². The van der Waals surface area contributed by atoms with E-state index in [-0.39, 0.29) is 24.7 Å². The average molecular weight is 359 g/mol. The van der Waals surface area contributed by atoms with Crippen LogP contribution in [-0.4, -0.2) is 28.9 Å². The Morgan fingerprint density at radius 2 is 1.92 bits per heavy atom. The molecule has 1 atom stereocenters. The van der Waals surface area contributed by atoms with Crippen LogP contribution in [0.3, 0.4) is 0 Å². The standard InChI is InChI=1S/C18H15ClN2O4/c19-12-2-1-3-14(9-12)21-16(22)10-15(18(21)25)20-13-6-4-11(5-7-13)8-17(23)24/h1-7,9,15,20H,8,10H2,(H,23,24)/t15-/m0/s1. The summed E-state index contributed by atoms with van der Waals surface area (Å²) in [5.41, 5.74) is 1.75. The van der Waals surface area contributed by atoms with E-state index in [1.54, 1.807) is 48.5 Å². The van der Waals surface area contributed by atoms with Gasteiger partial charge in [0.2, 0.25) is 5.91 Å². The first kappa shape index (κ1) is 17.0. The molecule has 0 radical (unpaired) electrons. The Balaban J connectivity index is 1.73. The Labute approximate surface area is 149 Å². The highest BCUT2D eigenvalue weighted by atomic mass is 35.5. The molecular formula is C18H15ClN2O4. The van der Waals surface area contributed by atoms with E-state index in [2.05, 4.69) is 5.32 Å². The smallest absolute Gasteiger partial charge is 0.307 e. The molecular weight excluding hydrogens is 344 g/mol. The van der Waals surface area contributed by atoms with Gasteiger partial charge in [-0.3, -0.25) is 14.4 Å². The third-order valence-electron chi connectivity index (χ3n) is 3.86. The first-order valence-electron chi connectivity index (χ1n) is 7.63. The lowest BCUT2D eigenvalue weighted by atomic mass is 10.1. The van der Waals surface area contributed by atoms with Crippen molar-refractivity contribution in [2.24, 2.45) is 0 Å². The van der Waals surface area contributed by atoms with Gasteiger partial charge in [0.15, 0.2) is 0 Å². The normalized spacial score (nSPS) is 17.0. The molecule has 0 aromatic heterocycles. The molecule has 0 saturated carbocycles. The molecule has 2 aromatic carbocycles. The van der Waals surface area contributed by atoms with Gasteiger partial charge in [-0.2, -0.15) is 0 Å². The van der Waals surface area contributed by atoms with Crippen LogP contribution in [-0.2, 0) is 20.8 Å². The van der Waals surface area contributed by atoms with Crippen molar-refractivity contribution in [1.82, 2.24) is 0 Å². The molecule has 25 heavy (non-hydrogen) atoms. The predicted octanol–water partition coefficient (Wildman–Crippen LogP) is 2.71. The highest BCUT2D eigenvalue weighted by Gasteiger charge is 2.39. The van der Waals surface area contributed by atoms with Gasteiger partial charge >= 0.3 is 5.97 Å². The van der Waals surface area contributed by atoms with E-state index in [1.165, 1.54) is 0 Å². The predicted molar refractivity (Wildman–Crippen MR) is 93.8 cm³/mol. The Morgan fingerprint density at radius 1 is 1.20 bits per heavy atom. The highest BCUT2D eigenvalue weighted by Crippen LogP contribution is 2.27. The van der Waals surface area contributed by atoms with Crippen molar-refractivity contribution in [2.75, 3.05) is 10.2 Å². The molecule has 1 saturated heterocycles. The van der Waals surface area contributed by atoms with E-state index in [4.69, 9.17) is 16.7 Å². The number of amides is 2. The Hall–Kier alpha value is -2.86. The van der Waals surface area contributed by atoms with Gasteiger partial charge in [0, 0.05) is 10.7 Å². The number of carboxylic acid groups (broad SMARTS) is 1. The number of carboxylic acids is 1. The van der Waals surface area contributed by atoms with E-state index in [0.717, 1.165) is 4.90 Å². The summed E-state index contributed by atoms with van der Waals surface area (Å²) in [5, 5.41) is 12.2. The topological polar surface area (TPSA) is 86.7 Å². The van der Waals surface area contributed by atoms with Crippen LogP contribution in [0.4, 0.5) is 11.4 Å². The van der Waals surface area contributed by atoms with Crippen LogP contribution < -0.4 is 10.2 Å². The number of benzene rings is 2. The average Bonchev–Trinajstić information content (AvgIpc) is 2.83. The molecule has 128 valence electrons. The maximum Gasteiger partial charge on any atom is 0.307 e. The number of carbonyl (C=O) groups excluding carboxylic acids is 2. The number of hydrogen-bond acceptors (Lipinski definition) is 4. The van der Waals surface area contributed by atoms with Crippen molar-refractivity contribution < 1.29 is 19.5 Å². The quantitative estimate of drug-likeness (QED) is 0.802. The summed E-state index contributed by atoms with van der Waals surface area (Å²) in [4.78, 5) is 36.6. The number of carbonyl (C=O) groups is 3. The molecule has 1 heterocycles. The van der Waals surface area contributed by atoms with E-state index >= 15 is 0 Å². The van der Waals surface area contributed by atoms with E-state index in [9.17, 15) is 14.4 Å². The number of aliphatic carboxylic acids is 1. The van der Waals surface area contributed by atoms with Crippen LogP contribution in [0.1, 0.15) is 12.0 Å². The number of hydrogen-bond donors (Lipinski definition) is 2. The summed E-state index contributed by atoms with van der Waals surface area (Å²) < 4.78 is 0. The summed E-state index contributed by atoms with van der Waals surface area (Å²) in [6.07, 6.45) is -0.0219. The zero-order chi connectivity index (χ0) is 18.0. The fourth-order valence-corrected chi connectivity index (χ4v) is 2.91. The maximum absolute atomic E-state index is 12.6. The molecule has 2 aromatic rings. The van der Waals surface area contributed by atoms with Crippen LogP contribution in [0.2, 0.25) is 5.02 Å². The third kappa shape index (κ3) is 3.80. The monoisotopic (exact) mass is 358 g/mol. The van der Waals surface area contributed by atoms with Crippen molar-refractivity contribution >= 4 is 40.8 Å². The summed E-state index contributed by atoms with van der Waals surface area (Å²) in [7, 11) is 0. The van der Waals surface area contributed by atoms with Crippen molar-refractivity contribution in [3.05, 3.63) is 59.1 Å². The molecule has 1 aliphatic rings. The second-order valence-electron chi connectivity index (χ2n) is 5.72. The zero-order valence-corrected chi connectivity index (χ0v) is 13.9. The van der Waals surface area contributed by atoms with Gasteiger partial charge < -0.3 is 10.4 Å². The lowest BCUT2D eigenvalue weighted by Crippen LogP contribution is -2.34. The first-order chi connectivity index (χ1) is 11.9. The molecule has 2 N–H and O–H groups in total. The second kappa shape index (κ2) is 6.94. The molecule has 0 spiro atoms. The Kier molecular flexibility index (Phi) is 4.72. The number of nitrogens with one attached hydrogen (secondary N) is 1. The molecule has 7 heteroatoms. The lowest BCUT2D eigenvalue weighted by molar-refractivity contribution is -0.136. The minimum absolute atomic E-state index is 0.0439. The van der Waals surface area contributed by atoms with E-state index in [1.807, 2.05) is 0 Å². The van der Waals surface area contributed by atoms with Gasteiger partial charge in [0.25, 0.3) is 5.91 Å². The van der Waals surface area contributed by atoms with Gasteiger partial charge in [-0.15, -0.1) is 0 Å². The number of nitrogens with zero attached hydrogens (tertiary/aromatic N) is 1. The molecule has 0 bridgehead atoms. The largest absolute Gasteiger partial charge is 0.481 e.